The number of carbonyl (C=O) groups is 2. The van der Waals surface area contributed by atoms with Crippen molar-refractivity contribution in [3.05, 3.63) is 122 Å². The summed E-state index contributed by atoms with van der Waals surface area (Å²) >= 11 is 13.1. The highest BCUT2D eigenvalue weighted by atomic mass is 35.5. The number of carboxylic acid groups (broad SMARTS) is 1. The minimum Gasteiger partial charge on any atom is -0.619 e. The molecule has 10 nitrogen and oxygen atoms in total. The maximum Gasteiger partial charge on any atom is 0.415 e. The number of benzene rings is 3. The molecule has 3 aromatic carbocycles. The lowest BCUT2D eigenvalue weighted by Crippen LogP contribution is -2.53. The first-order valence-electron chi connectivity index (χ1n) is 18.6. The number of anilines is 1. The molecule has 3 aliphatic heterocycles. The minimum atomic E-state index is -3.13. The van der Waals surface area contributed by atoms with E-state index in [4.69, 9.17) is 37.4 Å². The van der Waals surface area contributed by atoms with Gasteiger partial charge < -0.3 is 24.5 Å². The number of carboxylic acids is 1. The third-order valence-corrected chi connectivity index (χ3v) is 11.6. The van der Waals surface area contributed by atoms with Crippen molar-refractivity contribution in [2.24, 2.45) is 5.92 Å². The Labute approximate surface area is 331 Å². The van der Waals surface area contributed by atoms with E-state index < -0.39 is 30.4 Å². The number of halogens is 5. The number of amides is 1. The number of aromatic carboxylic acids is 1. The number of alkyl halides is 2. The van der Waals surface area contributed by atoms with Crippen molar-refractivity contribution < 1.29 is 46.8 Å². The van der Waals surface area contributed by atoms with Crippen LogP contribution >= 0.6 is 23.2 Å². The molecule has 3 saturated heterocycles. The van der Waals surface area contributed by atoms with Gasteiger partial charge in [-0.3, -0.25) is 9.80 Å². The predicted octanol–water partition coefficient (Wildman–Crippen LogP) is 9.00. The Morgan fingerprint density at radius 2 is 1.68 bits per heavy atom. The second-order valence-electron chi connectivity index (χ2n) is 14.5. The zero-order valence-corrected chi connectivity index (χ0v) is 31.7. The smallest absolute Gasteiger partial charge is 0.415 e. The number of nitrogens with zero attached hydrogens (tertiary/aromatic N) is 3. The van der Waals surface area contributed by atoms with E-state index in [1.807, 2.05) is 0 Å². The first kappa shape index (κ1) is 39.5. The lowest BCUT2D eigenvalue weighted by atomic mass is 9.82. The second kappa shape index (κ2) is 17.2. The van der Waals surface area contributed by atoms with Crippen LogP contribution in [-0.4, -0.2) is 60.5 Å². The molecule has 56 heavy (non-hydrogen) atoms. The van der Waals surface area contributed by atoms with E-state index >= 15 is 4.39 Å². The van der Waals surface area contributed by atoms with E-state index in [-0.39, 0.29) is 69.4 Å². The van der Waals surface area contributed by atoms with Gasteiger partial charge in [-0.1, -0.05) is 53.5 Å². The van der Waals surface area contributed by atoms with E-state index in [9.17, 15) is 28.7 Å². The molecule has 0 unspecified atom stereocenters. The van der Waals surface area contributed by atoms with Crippen molar-refractivity contribution >= 4 is 41.0 Å². The number of carbonyl (C=O) groups excluding carboxylic acids is 1. The molecule has 4 fully saturated rings. The van der Waals surface area contributed by atoms with Crippen LogP contribution in [0.3, 0.4) is 0 Å². The number of hydrogen-bond acceptors (Lipinski definition) is 7. The van der Waals surface area contributed by atoms with Gasteiger partial charge in [-0.05, 0) is 111 Å². The minimum absolute atomic E-state index is 0.0173. The third-order valence-electron chi connectivity index (χ3n) is 10.9. The molecule has 0 spiro atoms. The topological polar surface area (TPSA) is 115 Å². The molecule has 4 aromatic rings. The van der Waals surface area contributed by atoms with Crippen molar-refractivity contribution in [3.63, 3.8) is 0 Å². The van der Waals surface area contributed by atoms with Gasteiger partial charge in [0.05, 0.1) is 23.9 Å². The largest absolute Gasteiger partial charge is 0.619 e. The fourth-order valence-electron chi connectivity index (χ4n) is 8.08. The molecular weight excluding hydrogens is 774 g/mol. The van der Waals surface area contributed by atoms with Crippen molar-refractivity contribution in [2.45, 2.75) is 76.2 Å². The van der Waals surface area contributed by atoms with Crippen LogP contribution in [0.2, 0.25) is 10.0 Å². The number of rotatable bonds is 13. The zero-order valence-electron chi connectivity index (χ0n) is 30.2. The zero-order chi connectivity index (χ0) is 39.5. The molecule has 8 rings (SSSR count). The van der Waals surface area contributed by atoms with Crippen LogP contribution < -0.4 is 19.1 Å². The average Bonchev–Trinajstić information content (AvgIpc) is 3.68. The molecule has 1 N–H and O–H groups in total. The van der Waals surface area contributed by atoms with Crippen LogP contribution in [0.1, 0.15) is 77.1 Å². The Morgan fingerprint density at radius 1 is 0.964 bits per heavy atom. The molecule has 1 aliphatic carbocycles. The molecule has 4 aliphatic rings. The van der Waals surface area contributed by atoms with Gasteiger partial charge in [0, 0.05) is 18.0 Å². The third kappa shape index (κ3) is 8.95. The summed E-state index contributed by atoms with van der Waals surface area (Å²) in [7, 11) is 0. The highest BCUT2D eigenvalue weighted by molar-refractivity contribution is 6.35. The van der Waals surface area contributed by atoms with Gasteiger partial charge in [-0.15, -0.1) is 0 Å². The number of pyridine rings is 1. The molecule has 0 radical (unpaired) electrons. The Hall–Kier alpha value is -4.72. The normalized spacial score (nSPS) is 19.9. The van der Waals surface area contributed by atoms with E-state index in [2.05, 4.69) is 4.90 Å². The average molecular weight is 815 g/mol. The summed E-state index contributed by atoms with van der Waals surface area (Å²) in [5, 5.41) is 22.7. The first-order valence-corrected chi connectivity index (χ1v) is 19.3. The monoisotopic (exact) mass is 813 g/mol. The molecule has 4 heterocycles. The predicted molar refractivity (Wildman–Crippen MR) is 202 cm³/mol. The summed E-state index contributed by atoms with van der Waals surface area (Å²) in [6.07, 6.45) is 5.91. The van der Waals surface area contributed by atoms with Crippen LogP contribution in [0.5, 0.6) is 11.5 Å². The molecule has 15 heteroatoms. The maximum absolute atomic E-state index is 15.4. The number of hydrogen-bond donors (Lipinski definition) is 1. The summed E-state index contributed by atoms with van der Waals surface area (Å²) in [6, 6.07) is 14.8. The lowest BCUT2D eigenvalue weighted by Gasteiger charge is -2.44. The first-order chi connectivity index (χ1) is 26.9. The van der Waals surface area contributed by atoms with Gasteiger partial charge >= 0.3 is 18.7 Å². The van der Waals surface area contributed by atoms with Gasteiger partial charge in [-0.2, -0.15) is 13.5 Å². The van der Waals surface area contributed by atoms with E-state index in [1.54, 1.807) is 12.1 Å². The standard InChI is InChI=1S/C41H40Cl2F3N3O7/c42-32-21-48(53)22-33(43)31(32)19-29(26-10-12-36(55-40(45)46)37(18-26)54-27-5-1-2-6-27)30-17-24(9-11-28(30)39(50)51)20-49(35-8-4-3-7-34(35)44)41(52)56-38-23-47-15-13-25(38)14-16-47/h3-4,7-12,17-18,21-22,25,27,29,38,40H,1-2,5-6,13-16,19-20,23H2,(H,50,51)/t29-,38-/m0/s1. The second-order valence-corrected chi connectivity index (χ2v) is 15.3. The van der Waals surface area contributed by atoms with Crippen LogP contribution in [0.15, 0.2) is 73.1 Å². The van der Waals surface area contributed by atoms with Crippen LogP contribution in [0, 0.1) is 16.9 Å². The molecule has 2 bridgehead atoms. The van der Waals surface area contributed by atoms with E-state index in [0.717, 1.165) is 64.0 Å². The Kier molecular flexibility index (Phi) is 12.1. The van der Waals surface area contributed by atoms with Crippen LogP contribution in [-0.2, 0) is 17.7 Å². The summed E-state index contributed by atoms with van der Waals surface area (Å²) in [5.74, 6) is -2.74. The maximum atomic E-state index is 15.4. The number of piperidine rings is 3. The molecule has 2 atom stereocenters. The Balaban J connectivity index is 1.31. The SMILES string of the molecule is O=C(O)c1ccc(CN(C(=O)O[C@H]2CN3CCC2CC3)c2ccccc2F)cc1[C@@H](Cc1c(Cl)c[n+]([O-])cc1Cl)c1ccc(OC(F)F)c(OC2CCCC2)c1. The van der Waals surface area contributed by atoms with Gasteiger partial charge in [0.15, 0.2) is 23.9 Å². The number of para-hydroxylation sites is 1. The molecule has 296 valence electrons. The molecule has 1 aromatic heterocycles. The quantitative estimate of drug-likeness (QED) is 0.105. The fourth-order valence-corrected chi connectivity index (χ4v) is 8.68. The van der Waals surface area contributed by atoms with Crippen molar-refractivity contribution in [2.75, 3.05) is 24.5 Å². The number of fused-ring (bicyclic) bond motifs is 3. The molecule has 1 amide bonds. The number of aromatic nitrogens is 1. The Morgan fingerprint density at radius 3 is 2.32 bits per heavy atom. The highest BCUT2D eigenvalue weighted by Crippen LogP contribution is 2.41. The van der Waals surface area contributed by atoms with Crippen LogP contribution in [0.4, 0.5) is 23.7 Å². The highest BCUT2D eigenvalue weighted by Gasteiger charge is 2.38. The Bertz CT molecular complexity index is 2060. The summed E-state index contributed by atoms with van der Waals surface area (Å²) < 4.78 is 60.0. The van der Waals surface area contributed by atoms with Gasteiger partial charge in [0.25, 0.3) is 0 Å². The summed E-state index contributed by atoms with van der Waals surface area (Å²) in [6.45, 7) is -0.871. The van der Waals surface area contributed by atoms with Crippen molar-refractivity contribution in [1.29, 1.82) is 0 Å². The molecule has 1 saturated carbocycles. The van der Waals surface area contributed by atoms with Crippen molar-refractivity contribution in [1.82, 2.24) is 4.90 Å². The number of ether oxygens (including phenoxy) is 3. The van der Waals surface area contributed by atoms with E-state index in [0.29, 0.717) is 28.0 Å². The summed E-state index contributed by atoms with van der Waals surface area (Å²) in [4.78, 5) is 30.3. The fraction of sp³-hybridized carbons (Fsp3) is 0.390. The molecular formula is C41H40Cl2F3N3O7. The van der Waals surface area contributed by atoms with Gasteiger partial charge in [0.2, 0.25) is 0 Å². The van der Waals surface area contributed by atoms with Gasteiger partial charge in [-0.25, -0.2) is 14.0 Å². The van der Waals surface area contributed by atoms with Crippen molar-refractivity contribution in [3.8, 4) is 11.5 Å². The van der Waals surface area contributed by atoms with Gasteiger partial charge in [0.1, 0.15) is 22.0 Å². The lowest BCUT2D eigenvalue weighted by molar-refractivity contribution is -0.605. The van der Waals surface area contributed by atoms with Crippen LogP contribution in [0.25, 0.3) is 0 Å². The van der Waals surface area contributed by atoms with E-state index in [1.165, 1.54) is 53.4 Å². The summed E-state index contributed by atoms with van der Waals surface area (Å²) in [5.41, 5.74) is 1.32.